The van der Waals surface area contributed by atoms with E-state index in [1.807, 2.05) is 71.3 Å². The van der Waals surface area contributed by atoms with Gasteiger partial charge in [0.15, 0.2) is 11.5 Å². The maximum Gasteiger partial charge on any atom is 0.253 e. The molecule has 0 spiro atoms. The molecule has 4 rings (SSSR count). The van der Waals surface area contributed by atoms with Crippen molar-refractivity contribution < 1.29 is 9.53 Å². The van der Waals surface area contributed by atoms with Gasteiger partial charge in [0.25, 0.3) is 5.91 Å². The van der Waals surface area contributed by atoms with Crippen LogP contribution in [0.4, 0.5) is 0 Å². The van der Waals surface area contributed by atoms with E-state index in [4.69, 9.17) is 4.74 Å². The molecular weight excluding hydrogens is 414 g/mol. The predicted octanol–water partition coefficient (Wildman–Crippen LogP) is 4.10. The van der Waals surface area contributed by atoms with Gasteiger partial charge < -0.3 is 14.5 Å². The minimum absolute atomic E-state index is 0.0214. The number of hydrogen-bond donors (Lipinski definition) is 0. The lowest BCUT2D eigenvalue weighted by molar-refractivity contribution is 0.0827. The van der Waals surface area contributed by atoms with E-state index in [1.54, 1.807) is 19.0 Å². The van der Waals surface area contributed by atoms with E-state index in [0.717, 1.165) is 46.9 Å². The van der Waals surface area contributed by atoms with Gasteiger partial charge in [-0.15, -0.1) is 10.2 Å². The predicted molar refractivity (Wildman–Crippen MR) is 131 cm³/mol. The molecule has 0 radical (unpaired) electrons. The van der Waals surface area contributed by atoms with Gasteiger partial charge in [-0.2, -0.15) is 0 Å². The van der Waals surface area contributed by atoms with Crippen LogP contribution in [0.25, 0.3) is 28.2 Å². The first-order valence-electron chi connectivity index (χ1n) is 11.0. The molecule has 2 aromatic carbocycles. The Bertz CT molecular complexity index is 1250. The zero-order valence-corrected chi connectivity index (χ0v) is 19.5. The van der Waals surface area contributed by atoms with Crippen molar-refractivity contribution in [3.8, 4) is 28.3 Å². The number of benzene rings is 2. The third-order valence-electron chi connectivity index (χ3n) is 5.38. The Kier molecular flexibility index (Phi) is 6.70. The van der Waals surface area contributed by atoms with Crippen LogP contribution in [-0.4, -0.2) is 71.6 Å². The van der Waals surface area contributed by atoms with Crippen molar-refractivity contribution in [1.29, 1.82) is 0 Å². The zero-order valence-electron chi connectivity index (χ0n) is 19.5. The van der Waals surface area contributed by atoms with Gasteiger partial charge in [-0.1, -0.05) is 12.1 Å². The normalized spacial score (nSPS) is 11.2. The van der Waals surface area contributed by atoms with Crippen LogP contribution in [0, 0.1) is 0 Å². The molecule has 0 saturated carbocycles. The van der Waals surface area contributed by atoms with Crippen molar-refractivity contribution in [1.82, 2.24) is 24.4 Å². The van der Waals surface area contributed by atoms with Crippen LogP contribution >= 0.6 is 0 Å². The summed E-state index contributed by atoms with van der Waals surface area (Å²) in [4.78, 5) is 16.1. The molecule has 0 N–H and O–H groups in total. The summed E-state index contributed by atoms with van der Waals surface area (Å²) in [6.45, 7) is 1.68. The Balaban J connectivity index is 1.58. The number of hydrogen-bond acceptors (Lipinski definition) is 5. The van der Waals surface area contributed by atoms with Gasteiger partial charge in [0.2, 0.25) is 0 Å². The van der Waals surface area contributed by atoms with Crippen LogP contribution in [0.2, 0.25) is 0 Å². The number of pyridine rings is 1. The van der Waals surface area contributed by atoms with Gasteiger partial charge in [-0.3, -0.25) is 9.20 Å². The summed E-state index contributed by atoms with van der Waals surface area (Å²) in [5.74, 6) is 1.58. The molecule has 4 aromatic rings. The lowest BCUT2D eigenvalue weighted by Gasteiger charge is -2.11. The van der Waals surface area contributed by atoms with E-state index in [9.17, 15) is 4.79 Å². The molecule has 2 aromatic heterocycles. The first kappa shape index (κ1) is 22.5. The standard InChI is InChI=1S/C26H29N5O2/c1-29(2)15-6-16-33-23-12-9-19(10-13-23)25-28-27-24-14-11-22(18-31(24)25)20-7-5-8-21(17-20)26(32)30(3)4/h5,7-14,17-18H,6,15-16H2,1-4H3. The molecule has 7 heteroatoms. The molecule has 170 valence electrons. The smallest absolute Gasteiger partial charge is 0.253 e. The van der Waals surface area contributed by atoms with Gasteiger partial charge >= 0.3 is 0 Å². The number of aromatic nitrogens is 3. The Morgan fingerprint density at radius 3 is 2.39 bits per heavy atom. The number of nitrogens with zero attached hydrogens (tertiary/aromatic N) is 5. The Morgan fingerprint density at radius 2 is 1.67 bits per heavy atom. The largest absolute Gasteiger partial charge is 0.494 e. The molecule has 0 unspecified atom stereocenters. The second-order valence-electron chi connectivity index (χ2n) is 8.48. The number of carbonyl (C=O) groups excluding carboxylic acids is 1. The van der Waals surface area contributed by atoms with Crippen molar-refractivity contribution in [2.75, 3.05) is 41.3 Å². The Hall–Kier alpha value is -3.71. The molecule has 1 amide bonds. The molecule has 0 fully saturated rings. The summed E-state index contributed by atoms with van der Waals surface area (Å²) in [5.41, 5.74) is 4.32. The highest BCUT2D eigenvalue weighted by molar-refractivity contribution is 5.95. The van der Waals surface area contributed by atoms with Crippen LogP contribution in [-0.2, 0) is 0 Å². The van der Waals surface area contributed by atoms with E-state index in [0.29, 0.717) is 12.2 Å². The lowest BCUT2D eigenvalue weighted by atomic mass is 10.0. The fourth-order valence-electron chi connectivity index (χ4n) is 3.62. The summed E-state index contributed by atoms with van der Waals surface area (Å²) < 4.78 is 7.81. The topological polar surface area (TPSA) is 63.0 Å². The highest BCUT2D eigenvalue weighted by atomic mass is 16.5. The number of fused-ring (bicyclic) bond motifs is 1. The van der Waals surface area contributed by atoms with Crippen LogP contribution < -0.4 is 4.74 Å². The molecule has 2 heterocycles. The van der Waals surface area contributed by atoms with Gasteiger partial charge in [0.1, 0.15) is 5.75 Å². The van der Waals surface area contributed by atoms with Crippen LogP contribution in [0.5, 0.6) is 5.75 Å². The van der Waals surface area contributed by atoms with Crippen LogP contribution in [0.15, 0.2) is 66.9 Å². The molecule has 0 aliphatic carbocycles. The molecular formula is C26H29N5O2. The maximum atomic E-state index is 12.4. The summed E-state index contributed by atoms with van der Waals surface area (Å²) in [6.07, 6.45) is 2.99. The molecule has 0 aliphatic rings. The van der Waals surface area contributed by atoms with Gasteiger partial charge in [0.05, 0.1) is 6.61 Å². The maximum absolute atomic E-state index is 12.4. The highest BCUT2D eigenvalue weighted by Gasteiger charge is 2.12. The second kappa shape index (κ2) is 9.83. The van der Waals surface area contributed by atoms with Crippen molar-refractivity contribution >= 4 is 11.6 Å². The van der Waals surface area contributed by atoms with Crippen molar-refractivity contribution in [2.45, 2.75) is 6.42 Å². The quantitative estimate of drug-likeness (QED) is 0.384. The summed E-state index contributed by atoms with van der Waals surface area (Å²) in [7, 11) is 7.63. The fraction of sp³-hybridized carbons (Fsp3) is 0.269. The summed E-state index contributed by atoms with van der Waals surface area (Å²) in [6, 6.07) is 19.5. The molecule has 0 saturated heterocycles. The number of carbonyl (C=O) groups is 1. The number of amides is 1. The molecule has 0 atom stereocenters. The first-order chi connectivity index (χ1) is 15.9. The zero-order chi connectivity index (χ0) is 23.4. The van der Waals surface area contributed by atoms with Crippen LogP contribution in [0.3, 0.4) is 0 Å². The Labute approximate surface area is 194 Å². The monoisotopic (exact) mass is 443 g/mol. The molecule has 0 aliphatic heterocycles. The van der Waals surface area contributed by atoms with Crippen molar-refractivity contribution in [2.24, 2.45) is 0 Å². The fourth-order valence-corrected chi connectivity index (χ4v) is 3.62. The van der Waals surface area contributed by atoms with E-state index in [-0.39, 0.29) is 5.91 Å². The number of rotatable bonds is 8. The SMILES string of the molecule is CN(C)CCCOc1ccc(-c2nnc3ccc(-c4cccc(C(=O)N(C)C)c4)cn23)cc1. The van der Waals surface area contributed by atoms with Crippen molar-refractivity contribution in [3.63, 3.8) is 0 Å². The van der Waals surface area contributed by atoms with Gasteiger partial charge in [0, 0.05) is 38.0 Å². The summed E-state index contributed by atoms with van der Waals surface area (Å²) in [5, 5.41) is 8.71. The average Bonchev–Trinajstić information content (AvgIpc) is 3.25. The molecule has 7 nitrogen and oxygen atoms in total. The molecule has 33 heavy (non-hydrogen) atoms. The lowest BCUT2D eigenvalue weighted by Crippen LogP contribution is -2.21. The van der Waals surface area contributed by atoms with Gasteiger partial charge in [-0.05, 0) is 80.2 Å². The average molecular weight is 444 g/mol. The molecule has 0 bridgehead atoms. The minimum atomic E-state index is -0.0214. The third kappa shape index (κ3) is 5.21. The third-order valence-corrected chi connectivity index (χ3v) is 5.38. The van der Waals surface area contributed by atoms with E-state index in [1.165, 1.54) is 0 Å². The van der Waals surface area contributed by atoms with Crippen molar-refractivity contribution in [3.05, 3.63) is 72.4 Å². The summed E-state index contributed by atoms with van der Waals surface area (Å²) >= 11 is 0. The van der Waals surface area contributed by atoms with E-state index < -0.39 is 0 Å². The van der Waals surface area contributed by atoms with E-state index in [2.05, 4.69) is 29.2 Å². The number of ether oxygens (including phenoxy) is 1. The minimum Gasteiger partial charge on any atom is -0.494 e. The second-order valence-corrected chi connectivity index (χ2v) is 8.48. The Morgan fingerprint density at radius 1 is 0.909 bits per heavy atom. The first-order valence-corrected chi connectivity index (χ1v) is 11.0. The highest BCUT2D eigenvalue weighted by Crippen LogP contribution is 2.26. The van der Waals surface area contributed by atoms with Crippen LogP contribution in [0.1, 0.15) is 16.8 Å². The van der Waals surface area contributed by atoms with E-state index >= 15 is 0 Å². The van der Waals surface area contributed by atoms with Gasteiger partial charge in [-0.25, -0.2) is 0 Å².